The van der Waals surface area contributed by atoms with E-state index in [0.717, 1.165) is 5.69 Å². The Morgan fingerprint density at radius 3 is 2.42 bits per heavy atom. The Balaban J connectivity index is 1.61. The largest absolute Gasteiger partial charge is 0.465 e. The predicted molar refractivity (Wildman–Crippen MR) is 119 cm³/mol. The number of rotatable bonds is 5. The maximum absolute atomic E-state index is 13.6. The molecule has 0 fully saturated rings. The number of carbonyl (C=O) groups is 2. The molecular formula is C24H20N4O5. The molecule has 166 valence electrons. The Hall–Kier alpha value is -4.53. The Morgan fingerprint density at radius 2 is 1.73 bits per heavy atom. The van der Waals surface area contributed by atoms with Crippen LogP contribution in [0.4, 0.5) is 5.69 Å². The van der Waals surface area contributed by atoms with Gasteiger partial charge < -0.3 is 24.1 Å². The smallest absolute Gasteiger partial charge is 0.340 e. The first-order chi connectivity index (χ1) is 16.1. The van der Waals surface area contributed by atoms with Crippen LogP contribution in [0.25, 0.3) is 11.5 Å². The molecule has 1 aliphatic rings. The first-order valence-electron chi connectivity index (χ1n) is 10.2. The number of benzene rings is 2. The molecule has 1 amide bonds. The molecule has 0 saturated carbocycles. The monoisotopic (exact) mass is 444 g/mol. The maximum atomic E-state index is 13.6. The number of nitrogens with zero attached hydrogens (tertiary/aromatic N) is 3. The van der Waals surface area contributed by atoms with Gasteiger partial charge in [0, 0.05) is 24.5 Å². The summed E-state index contributed by atoms with van der Waals surface area (Å²) in [7, 11) is 1.27. The fraction of sp³-hybridized carbons (Fsp3) is 0.125. The summed E-state index contributed by atoms with van der Waals surface area (Å²) in [5.74, 6) is 0.379. The van der Waals surface area contributed by atoms with E-state index >= 15 is 0 Å². The highest BCUT2D eigenvalue weighted by Gasteiger charge is 2.27. The summed E-state index contributed by atoms with van der Waals surface area (Å²) < 4.78 is 19.2. The predicted octanol–water partition coefficient (Wildman–Crippen LogP) is 3.74. The van der Waals surface area contributed by atoms with Crippen LogP contribution in [0.5, 0.6) is 11.5 Å². The van der Waals surface area contributed by atoms with Crippen LogP contribution in [-0.4, -0.2) is 40.1 Å². The van der Waals surface area contributed by atoms with Crippen LogP contribution in [0, 0.1) is 6.92 Å². The molecule has 1 N–H and O–H groups in total. The van der Waals surface area contributed by atoms with Gasteiger partial charge >= 0.3 is 5.97 Å². The number of ether oxygens (including phenoxy) is 3. The molecule has 0 aliphatic carbocycles. The van der Waals surface area contributed by atoms with Gasteiger partial charge in [-0.25, -0.2) is 9.48 Å². The number of nitrogens with one attached hydrogen (secondary N) is 1. The van der Waals surface area contributed by atoms with Crippen LogP contribution in [0.15, 0.2) is 67.0 Å². The number of aryl methyl sites for hydroxylation is 1. The minimum absolute atomic E-state index is 0.0358. The molecule has 33 heavy (non-hydrogen) atoms. The Kier molecular flexibility index (Phi) is 5.06. The fourth-order valence-corrected chi connectivity index (χ4v) is 3.75. The number of hydrogen-bond acceptors (Lipinski definition) is 6. The van der Waals surface area contributed by atoms with Gasteiger partial charge in [-0.05, 0) is 31.2 Å². The zero-order chi connectivity index (χ0) is 22.9. The summed E-state index contributed by atoms with van der Waals surface area (Å²) >= 11 is 0. The van der Waals surface area contributed by atoms with E-state index in [1.807, 2.05) is 59.4 Å². The first-order valence-corrected chi connectivity index (χ1v) is 10.2. The van der Waals surface area contributed by atoms with Crippen LogP contribution < -0.4 is 14.8 Å². The van der Waals surface area contributed by atoms with Crippen molar-refractivity contribution in [3.63, 3.8) is 0 Å². The lowest BCUT2D eigenvalue weighted by molar-refractivity contribution is 0.0601. The highest BCUT2D eigenvalue weighted by atomic mass is 16.7. The summed E-state index contributed by atoms with van der Waals surface area (Å²) in [5.41, 5.74) is 2.11. The normalized spacial score (nSPS) is 11.9. The minimum Gasteiger partial charge on any atom is -0.465 e. The molecule has 0 bridgehead atoms. The lowest BCUT2D eigenvalue weighted by Gasteiger charge is -2.13. The molecule has 0 saturated heterocycles. The van der Waals surface area contributed by atoms with Crippen molar-refractivity contribution in [2.45, 2.75) is 6.92 Å². The van der Waals surface area contributed by atoms with Gasteiger partial charge in [0.05, 0.1) is 29.7 Å². The standard InChI is InChI=1S/C24H20N4O5/c1-15-21(23(27-10-6-7-11-27)28(26-15)16-8-4-3-5-9-16)22(29)25-18-13-20-19(32-14-33-20)12-17(18)24(30)31-2/h3-13H,14H2,1-2H3,(H,25,29). The van der Waals surface area contributed by atoms with Crippen molar-refractivity contribution in [1.82, 2.24) is 14.3 Å². The summed E-state index contributed by atoms with van der Waals surface area (Å²) in [4.78, 5) is 25.9. The maximum Gasteiger partial charge on any atom is 0.340 e. The molecule has 3 heterocycles. The molecule has 2 aromatic carbocycles. The topological polar surface area (TPSA) is 96.6 Å². The molecular weight excluding hydrogens is 424 g/mol. The molecule has 9 nitrogen and oxygen atoms in total. The summed E-state index contributed by atoms with van der Waals surface area (Å²) in [6.07, 6.45) is 3.68. The van der Waals surface area contributed by atoms with Gasteiger partial charge in [-0.2, -0.15) is 5.10 Å². The van der Waals surface area contributed by atoms with E-state index < -0.39 is 11.9 Å². The van der Waals surface area contributed by atoms with Gasteiger partial charge in [-0.15, -0.1) is 0 Å². The van der Waals surface area contributed by atoms with Crippen LogP contribution in [-0.2, 0) is 4.74 Å². The minimum atomic E-state index is -0.606. The van der Waals surface area contributed by atoms with E-state index in [-0.39, 0.29) is 18.0 Å². The van der Waals surface area contributed by atoms with Gasteiger partial charge in [0.2, 0.25) is 6.79 Å². The molecule has 0 radical (unpaired) electrons. The zero-order valence-corrected chi connectivity index (χ0v) is 17.9. The van der Waals surface area contributed by atoms with Crippen molar-refractivity contribution < 1.29 is 23.8 Å². The van der Waals surface area contributed by atoms with Gasteiger partial charge in [-0.1, -0.05) is 18.2 Å². The van der Waals surface area contributed by atoms with Crippen LogP contribution >= 0.6 is 0 Å². The SMILES string of the molecule is COC(=O)c1cc2c(cc1NC(=O)c1c(C)nn(-c3ccccc3)c1-n1cccc1)OCO2. The quantitative estimate of drug-likeness (QED) is 0.471. The molecule has 2 aromatic heterocycles. The van der Waals surface area contributed by atoms with E-state index in [4.69, 9.17) is 14.2 Å². The number of para-hydroxylation sites is 1. The zero-order valence-electron chi connectivity index (χ0n) is 17.9. The second kappa shape index (κ2) is 8.19. The van der Waals surface area contributed by atoms with Crippen LogP contribution in [0.2, 0.25) is 0 Å². The second-order valence-corrected chi connectivity index (χ2v) is 7.32. The molecule has 0 unspecified atom stereocenters. The van der Waals surface area contributed by atoms with E-state index in [1.54, 1.807) is 17.7 Å². The Morgan fingerprint density at radius 1 is 1.03 bits per heavy atom. The summed E-state index contributed by atoms with van der Waals surface area (Å²) in [5, 5.41) is 7.47. The first kappa shape index (κ1) is 20.4. The average molecular weight is 444 g/mol. The molecule has 5 rings (SSSR count). The Labute approximate surface area is 189 Å². The van der Waals surface area contributed by atoms with Gasteiger partial charge in [0.25, 0.3) is 5.91 Å². The molecule has 4 aromatic rings. The lowest BCUT2D eigenvalue weighted by atomic mass is 10.1. The molecule has 0 atom stereocenters. The van der Waals surface area contributed by atoms with Crippen LogP contribution in [0.3, 0.4) is 0 Å². The number of fused-ring (bicyclic) bond motifs is 1. The third-order valence-electron chi connectivity index (χ3n) is 5.28. The molecule has 0 spiro atoms. The number of aromatic nitrogens is 3. The van der Waals surface area contributed by atoms with Crippen molar-refractivity contribution in [3.8, 4) is 23.0 Å². The van der Waals surface area contributed by atoms with Crippen molar-refractivity contribution in [3.05, 3.63) is 83.8 Å². The third kappa shape index (κ3) is 3.59. The number of anilines is 1. The van der Waals surface area contributed by atoms with E-state index in [9.17, 15) is 9.59 Å². The highest BCUT2D eigenvalue weighted by molar-refractivity contribution is 6.10. The number of hydrogen-bond donors (Lipinski definition) is 1. The van der Waals surface area contributed by atoms with E-state index in [2.05, 4.69) is 10.4 Å². The second-order valence-electron chi connectivity index (χ2n) is 7.32. The summed E-state index contributed by atoms with van der Waals surface area (Å²) in [6, 6.07) is 16.3. The van der Waals surface area contributed by atoms with Crippen LogP contribution in [0.1, 0.15) is 26.4 Å². The van der Waals surface area contributed by atoms with Gasteiger partial charge in [0.1, 0.15) is 5.56 Å². The number of esters is 1. The highest BCUT2D eigenvalue weighted by Crippen LogP contribution is 2.38. The van der Waals surface area contributed by atoms with E-state index in [1.165, 1.54) is 13.2 Å². The van der Waals surface area contributed by atoms with Crippen molar-refractivity contribution in [2.75, 3.05) is 19.2 Å². The molecule has 1 aliphatic heterocycles. The number of amides is 1. The lowest BCUT2D eigenvalue weighted by Crippen LogP contribution is -2.18. The van der Waals surface area contributed by atoms with E-state index in [0.29, 0.717) is 28.6 Å². The van der Waals surface area contributed by atoms with Gasteiger partial charge in [0.15, 0.2) is 17.3 Å². The van der Waals surface area contributed by atoms with Crippen molar-refractivity contribution in [2.24, 2.45) is 0 Å². The van der Waals surface area contributed by atoms with Gasteiger partial charge in [-0.3, -0.25) is 4.79 Å². The number of carbonyl (C=O) groups excluding carboxylic acids is 2. The summed E-state index contributed by atoms with van der Waals surface area (Å²) in [6.45, 7) is 1.80. The third-order valence-corrected chi connectivity index (χ3v) is 5.28. The average Bonchev–Trinajstić information content (AvgIpc) is 3.58. The number of methoxy groups -OCH3 is 1. The van der Waals surface area contributed by atoms with Crippen molar-refractivity contribution in [1.29, 1.82) is 0 Å². The fourth-order valence-electron chi connectivity index (χ4n) is 3.75. The Bertz CT molecular complexity index is 1340. The molecule has 9 heteroatoms. The van der Waals surface area contributed by atoms with Crippen molar-refractivity contribution >= 4 is 17.6 Å².